The lowest BCUT2D eigenvalue weighted by Crippen LogP contribution is -2.46. The van der Waals surface area contributed by atoms with Crippen LogP contribution in [0.5, 0.6) is 0 Å². The number of rotatable bonds is 6. The molecule has 1 aromatic carbocycles. The molecular formula is C16H18N2O6S. The zero-order valence-electron chi connectivity index (χ0n) is 14.0. The van der Waals surface area contributed by atoms with E-state index in [1.54, 1.807) is 31.2 Å². The zero-order valence-corrected chi connectivity index (χ0v) is 14.8. The number of carbonyl (C=O) groups is 4. The summed E-state index contributed by atoms with van der Waals surface area (Å²) in [5, 5.41) is 4.74. The van der Waals surface area contributed by atoms with Crippen molar-refractivity contribution in [2.24, 2.45) is 0 Å². The van der Waals surface area contributed by atoms with Gasteiger partial charge in [-0.2, -0.15) is 0 Å². The topological polar surface area (TPSA) is 111 Å². The van der Waals surface area contributed by atoms with E-state index in [-0.39, 0.29) is 11.3 Å². The number of thioether (sulfide) groups is 1. The maximum Gasteiger partial charge on any atom is 0.346 e. The van der Waals surface area contributed by atoms with Crippen LogP contribution in [0.3, 0.4) is 0 Å². The normalized spacial score (nSPS) is 20.4. The van der Waals surface area contributed by atoms with Crippen LogP contribution in [0.4, 0.5) is 4.79 Å². The Morgan fingerprint density at radius 2 is 1.96 bits per heavy atom. The minimum Gasteiger partial charge on any atom is -0.466 e. The highest BCUT2D eigenvalue weighted by Crippen LogP contribution is 2.28. The van der Waals surface area contributed by atoms with Crippen LogP contribution in [-0.2, 0) is 19.1 Å². The molecule has 1 fully saturated rings. The van der Waals surface area contributed by atoms with Gasteiger partial charge >= 0.3 is 18.0 Å². The second kappa shape index (κ2) is 7.56. The molecule has 0 aliphatic carbocycles. The van der Waals surface area contributed by atoms with E-state index in [0.29, 0.717) is 4.90 Å². The Kier molecular flexibility index (Phi) is 5.68. The largest absolute Gasteiger partial charge is 0.466 e. The maximum atomic E-state index is 12.3. The Hall–Kier alpha value is -2.55. The predicted molar refractivity (Wildman–Crippen MR) is 89.1 cm³/mol. The molecule has 134 valence electrons. The van der Waals surface area contributed by atoms with Crippen molar-refractivity contribution in [3.8, 4) is 0 Å². The molecule has 1 aliphatic heterocycles. The molecule has 0 bridgehead atoms. The van der Waals surface area contributed by atoms with E-state index < -0.39 is 35.5 Å². The maximum absolute atomic E-state index is 12.3. The van der Waals surface area contributed by atoms with Gasteiger partial charge in [-0.3, -0.25) is 10.1 Å². The summed E-state index contributed by atoms with van der Waals surface area (Å²) < 4.78 is 9.61. The number of nitrogens with one attached hydrogen (secondary N) is 2. The quantitative estimate of drug-likeness (QED) is 0.440. The molecular weight excluding hydrogens is 348 g/mol. The van der Waals surface area contributed by atoms with Gasteiger partial charge in [0.1, 0.15) is 5.54 Å². The molecule has 1 heterocycles. The van der Waals surface area contributed by atoms with Crippen LogP contribution >= 0.6 is 11.8 Å². The molecule has 1 saturated heterocycles. The van der Waals surface area contributed by atoms with E-state index in [4.69, 9.17) is 4.74 Å². The summed E-state index contributed by atoms with van der Waals surface area (Å²) in [6.45, 7) is 3.01. The van der Waals surface area contributed by atoms with Crippen LogP contribution < -0.4 is 10.6 Å². The molecule has 2 atom stereocenters. The van der Waals surface area contributed by atoms with E-state index in [9.17, 15) is 19.2 Å². The summed E-state index contributed by atoms with van der Waals surface area (Å²) in [5.74, 6) is -1.53. The summed E-state index contributed by atoms with van der Waals surface area (Å²) in [4.78, 5) is 47.4. The van der Waals surface area contributed by atoms with Crippen molar-refractivity contribution in [1.29, 1.82) is 0 Å². The Bertz CT molecular complexity index is 722. The van der Waals surface area contributed by atoms with Gasteiger partial charge in [-0.15, -0.1) is 11.8 Å². The van der Waals surface area contributed by atoms with Crippen molar-refractivity contribution in [3.63, 3.8) is 0 Å². The summed E-state index contributed by atoms with van der Waals surface area (Å²) >= 11 is 1.23. The predicted octanol–water partition coefficient (Wildman–Crippen LogP) is 1.10. The molecule has 8 nitrogen and oxygen atoms in total. The summed E-state index contributed by atoms with van der Waals surface area (Å²) in [6, 6.07) is 6.10. The molecule has 1 aromatic rings. The molecule has 3 amide bonds. The molecule has 2 N–H and O–H groups in total. The third-order valence-electron chi connectivity index (χ3n) is 3.56. The molecule has 0 spiro atoms. The SMILES string of the molecule is COC(=O)[C@H](C)OC(=O)c1ccccc1SC[C@@]1(C)NC(=O)NC1=O. The Morgan fingerprint density at radius 1 is 1.28 bits per heavy atom. The first kappa shape index (κ1) is 18.8. The van der Waals surface area contributed by atoms with Crippen LogP contribution in [0, 0.1) is 0 Å². The van der Waals surface area contributed by atoms with Gasteiger partial charge in [0.15, 0.2) is 6.10 Å². The molecule has 0 saturated carbocycles. The zero-order chi connectivity index (χ0) is 18.6. The highest BCUT2D eigenvalue weighted by molar-refractivity contribution is 7.99. The van der Waals surface area contributed by atoms with Crippen LogP contribution in [0.1, 0.15) is 24.2 Å². The number of esters is 2. The minimum atomic E-state index is -1.07. The fourth-order valence-corrected chi connectivity index (χ4v) is 3.23. The smallest absolute Gasteiger partial charge is 0.346 e. The van der Waals surface area contributed by atoms with Crippen LogP contribution in [0.25, 0.3) is 0 Å². The van der Waals surface area contributed by atoms with E-state index >= 15 is 0 Å². The number of methoxy groups -OCH3 is 1. The second-order valence-corrected chi connectivity index (χ2v) is 6.61. The Morgan fingerprint density at radius 3 is 2.56 bits per heavy atom. The minimum absolute atomic E-state index is 0.224. The number of benzene rings is 1. The Balaban J connectivity index is 2.10. The van der Waals surface area contributed by atoms with E-state index in [1.807, 2.05) is 0 Å². The van der Waals surface area contributed by atoms with Crippen LogP contribution in [-0.4, -0.2) is 48.4 Å². The highest BCUT2D eigenvalue weighted by Gasteiger charge is 2.42. The molecule has 0 radical (unpaired) electrons. The number of ether oxygens (including phenoxy) is 2. The fourth-order valence-electron chi connectivity index (χ4n) is 2.10. The second-order valence-electron chi connectivity index (χ2n) is 5.60. The van der Waals surface area contributed by atoms with Gasteiger partial charge in [0, 0.05) is 10.6 Å². The lowest BCUT2D eigenvalue weighted by atomic mass is 10.1. The van der Waals surface area contributed by atoms with Crippen molar-refractivity contribution in [1.82, 2.24) is 10.6 Å². The number of carbonyl (C=O) groups excluding carboxylic acids is 4. The van der Waals surface area contributed by atoms with E-state index in [0.717, 1.165) is 0 Å². The number of urea groups is 1. The lowest BCUT2D eigenvalue weighted by molar-refractivity contribution is -0.149. The van der Waals surface area contributed by atoms with Gasteiger partial charge in [0.05, 0.1) is 12.7 Å². The first-order valence-electron chi connectivity index (χ1n) is 7.41. The monoisotopic (exact) mass is 366 g/mol. The summed E-state index contributed by atoms with van der Waals surface area (Å²) in [6.07, 6.45) is -1.03. The average Bonchev–Trinajstić information content (AvgIpc) is 2.84. The van der Waals surface area contributed by atoms with Gasteiger partial charge in [-0.1, -0.05) is 12.1 Å². The number of hydrogen-bond acceptors (Lipinski definition) is 7. The van der Waals surface area contributed by atoms with Crippen LogP contribution in [0.15, 0.2) is 29.2 Å². The average molecular weight is 366 g/mol. The van der Waals surface area contributed by atoms with Gasteiger partial charge in [0.25, 0.3) is 5.91 Å². The van der Waals surface area contributed by atoms with Gasteiger partial charge in [-0.25, -0.2) is 14.4 Å². The van der Waals surface area contributed by atoms with Crippen molar-refractivity contribution < 1.29 is 28.7 Å². The summed E-state index contributed by atoms with van der Waals surface area (Å²) in [7, 11) is 1.21. The number of imide groups is 1. The first-order valence-corrected chi connectivity index (χ1v) is 8.39. The van der Waals surface area contributed by atoms with Crippen molar-refractivity contribution >= 4 is 35.6 Å². The molecule has 9 heteroatoms. The van der Waals surface area contributed by atoms with Gasteiger partial charge in [-0.05, 0) is 26.0 Å². The third-order valence-corrected chi connectivity index (χ3v) is 4.95. The van der Waals surface area contributed by atoms with Gasteiger partial charge in [0.2, 0.25) is 0 Å². The van der Waals surface area contributed by atoms with Gasteiger partial charge < -0.3 is 14.8 Å². The van der Waals surface area contributed by atoms with Crippen LogP contribution in [0.2, 0.25) is 0 Å². The molecule has 0 unspecified atom stereocenters. The lowest BCUT2D eigenvalue weighted by Gasteiger charge is -2.20. The number of amides is 3. The highest BCUT2D eigenvalue weighted by atomic mass is 32.2. The Labute approximate surface area is 148 Å². The van der Waals surface area contributed by atoms with E-state index in [2.05, 4.69) is 15.4 Å². The fraction of sp³-hybridized carbons (Fsp3) is 0.375. The molecule has 25 heavy (non-hydrogen) atoms. The first-order chi connectivity index (χ1) is 11.8. The molecule has 0 aromatic heterocycles. The standard InChI is InChI=1S/C16H18N2O6S/c1-9(12(19)23-3)24-13(20)10-6-4-5-7-11(10)25-8-16(2)14(21)17-15(22)18-16/h4-7,9H,8H2,1-3H3,(H2,17,18,21,22)/t9-,16+/m0/s1. The van der Waals surface area contributed by atoms with Crippen molar-refractivity contribution in [2.45, 2.75) is 30.4 Å². The van der Waals surface area contributed by atoms with E-state index in [1.165, 1.54) is 25.8 Å². The third kappa shape index (κ3) is 4.30. The van der Waals surface area contributed by atoms with Crippen molar-refractivity contribution in [3.05, 3.63) is 29.8 Å². The molecule has 1 aliphatic rings. The molecule has 2 rings (SSSR count). The van der Waals surface area contributed by atoms with Crippen molar-refractivity contribution in [2.75, 3.05) is 12.9 Å². The number of hydrogen-bond donors (Lipinski definition) is 2. The summed E-state index contributed by atoms with van der Waals surface area (Å²) in [5.41, 5.74) is -0.811.